The van der Waals surface area contributed by atoms with Gasteiger partial charge >= 0.3 is 11.7 Å². The third-order valence-electron chi connectivity index (χ3n) is 7.31. The van der Waals surface area contributed by atoms with Gasteiger partial charge in [0.05, 0.1) is 13.4 Å². The molecule has 0 aliphatic carbocycles. The van der Waals surface area contributed by atoms with Gasteiger partial charge in [-0.3, -0.25) is 24.6 Å². The molecule has 0 aromatic carbocycles. The summed E-state index contributed by atoms with van der Waals surface area (Å²) in [5, 5.41) is 28.0. The average molecular weight is 1010 g/mol. The summed E-state index contributed by atoms with van der Waals surface area (Å²) >= 11 is 0. The number of carbonyl (C=O) groups is 4. The van der Waals surface area contributed by atoms with Gasteiger partial charge in [-0.2, -0.15) is 39.6 Å². The summed E-state index contributed by atoms with van der Waals surface area (Å²) in [6.07, 6.45) is 5.22. The van der Waals surface area contributed by atoms with Crippen LogP contribution in [0.15, 0.2) is 55.2 Å². The molecule has 38 heteroatoms. The summed E-state index contributed by atoms with van der Waals surface area (Å²) < 4.78 is 30.0. The molecule has 0 unspecified atom stereocenters. The summed E-state index contributed by atoms with van der Waals surface area (Å²) in [4.78, 5) is 110. The van der Waals surface area contributed by atoms with Crippen LogP contribution in [0, 0.1) is 40.1 Å². The quantitative estimate of drug-likeness (QED) is 0.0135. The van der Waals surface area contributed by atoms with E-state index in [2.05, 4.69) is 114 Å². The number of aryl methyl sites for hydroxylation is 5. The molecule has 9 N–H and O–H groups in total. The van der Waals surface area contributed by atoms with Gasteiger partial charge in [0.1, 0.15) is 38.8 Å². The van der Waals surface area contributed by atoms with E-state index in [-0.39, 0.29) is 84.9 Å². The molecule has 0 saturated carbocycles. The number of carbonyl (C=O) groups excluding carboxylic acids is 6. The maximum absolute atomic E-state index is 12.1. The lowest BCUT2D eigenvalue weighted by atomic mass is 10.4. The van der Waals surface area contributed by atoms with Crippen molar-refractivity contribution in [3.63, 3.8) is 0 Å². The zero-order chi connectivity index (χ0) is 53.2. The fourth-order valence-electron chi connectivity index (χ4n) is 4.41. The first-order valence-corrected chi connectivity index (χ1v) is 19.3. The Kier molecular flexibility index (Phi) is 22.1. The number of aromatic nitrogens is 17. The number of nitrogens with zero attached hydrogens (tertiary/aromatic N) is 19. The van der Waals surface area contributed by atoms with Gasteiger partial charge in [0.25, 0.3) is 11.8 Å². The Balaban J connectivity index is 0.000000235. The minimum absolute atomic E-state index is 0.000426. The number of hydrogen-bond acceptors (Lipinski definition) is 32. The van der Waals surface area contributed by atoms with E-state index in [4.69, 9.17) is 27.4 Å². The van der Waals surface area contributed by atoms with E-state index in [1.807, 2.05) is 5.43 Å². The molecule has 8 rings (SSSR count). The van der Waals surface area contributed by atoms with Crippen LogP contribution >= 0.6 is 0 Å². The van der Waals surface area contributed by atoms with Gasteiger partial charge in [0, 0.05) is 0 Å². The highest BCUT2D eigenvalue weighted by Crippen LogP contribution is 2.11. The van der Waals surface area contributed by atoms with Gasteiger partial charge in [-0.15, -0.1) is 10.2 Å². The lowest BCUT2D eigenvalue weighted by molar-refractivity contribution is -0.140. The molecule has 0 spiro atoms. The lowest BCUT2D eigenvalue weighted by Gasteiger charge is -2.00. The molecule has 378 valence electrons. The molecule has 0 aliphatic heterocycles. The van der Waals surface area contributed by atoms with Crippen molar-refractivity contribution >= 4 is 47.3 Å². The number of primary amides is 2. The second-order valence-corrected chi connectivity index (χ2v) is 12.7. The number of ether oxygens (including phenoxy) is 1. The maximum Gasteiger partial charge on any atom is 0.353 e. The predicted molar refractivity (Wildman–Crippen MR) is 225 cm³/mol. The van der Waals surface area contributed by atoms with Crippen molar-refractivity contribution in [1.29, 1.82) is 5.53 Å². The largest absolute Gasteiger partial charge is 0.469 e. The second kappa shape index (κ2) is 28.5. The minimum atomic E-state index is -0.786. The van der Waals surface area contributed by atoms with E-state index >= 15 is 0 Å². The molecule has 0 fully saturated rings. The number of imidazole rings is 2. The molecular formula is C34H39N25O13. The normalized spacial score (nSPS) is 9.76. The van der Waals surface area contributed by atoms with Crippen LogP contribution in [0.5, 0.6) is 0 Å². The van der Waals surface area contributed by atoms with E-state index in [9.17, 15) is 33.6 Å². The minimum Gasteiger partial charge on any atom is -0.469 e. The molecule has 38 nitrogen and oxygen atoms in total. The van der Waals surface area contributed by atoms with Crippen molar-refractivity contribution in [2.24, 2.45) is 32.4 Å². The third-order valence-corrected chi connectivity index (χ3v) is 7.31. The number of isocyanates is 2. The summed E-state index contributed by atoms with van der Waals surface area (Å²) in [6.45, 7) is 8.59. The maximum atomic E-state index is 12.1. The van der Waals surface area contributed by atoms with Crippen LogP contribution in [0.25, 0.3) is 5.65 Å². The summed E-state index contributed by atoms with van der Waals surface area (Å²) in [5.41, 5.74) is 17.9. The van der Waals surface area contributed by atoms with Crippen LogP contribution in [0.2, 0.25) is 0 Å². The van der Waals surface area contributed by atoms with Crippen molar-refractivity contribution in [2.75, 3.05) is 7.11 Å². The first kappa shape index (κ1) is 55.7. The fraction of sp³-hybridized carbons (Fsp3) is 0.324. The topological polar surface area (TPSA) is 551 Å². The Bertz CT molecular complexity index is 3090. The summed E-state index contributed by atoms with van der Waals surface area (Å²) in [6, 6.07) is 0. The van der Waals surface area contributed by atoms with Crippen molar-refractivity contribution in [3.8, 4) is 0 Å². The molecule has 0 aliphatic rings. The number of methoxy groups -OCH3 is 1. The monoisotopic (exact) mass is 1010 g/mol. The van der Waals surface area contributed by atoms with Gasteiger partial charge < -0.3 is 43.8 Å². The highest BCUT2D eigenvalue weighted by atomic mass is 16.5. The number of esters is 1. The van der Waals surface area contributed by atoms with Gasteiger partial charge in [-0.05, 0) is 34.6 Å². The van der Waals surface area contributed by atoms with Crippen molar-refractivity contribution in [1.82, 2.24) is 90.5 Å². The Morgan fingerprint density at radius 2 is 1.21 bits per heavy atom. The average Bonchev–Trinajstić information content (AvgIpc) is 4.23. The number of hydrazine groups is 1. The van der Waals surface area contributed by atoms with Crippen LogP contribution in [0.4, 0.5) is 5.82 Å². The fourth-order valence-corrected chi connectivity index (χ4v) is 4.41. The molecule has 0 bridgehead atoms. The Hall–Kier alpha value is -10.6. The van der Waals surface area contributed by atoms with Gasteiger partial charge in [-0.25, -0.2) is 40.1 Å². The van der Waals surface area contributed by atoms with Crippen molar-refractivity contribution < 1.29 is 56.1 Å². The molecule has 8 aromatic rings. The van der Waals surface area contributed by atoms with Crippen LogP contribution in [0.3, 0.4) is 0 Å². The summed E-state index contributed by atoms with van der Waals surface area (Å²) in [5.74, 6) is 6.66. The number of amides is 3. The van der Waals surface area contributed by atoms with Crippen LogP contribution < -0.4 is 28.4 Å². The number of aromatic amines is 1. The van der Waals surface area contributed by atoms with Crippen molar-refractivity contribution in [2.45, 2.75) is 67.1 Å². The highest BCUT2D eigenvalue weighted by molar-refractivity contribution is 5.96. The van der Waals surface area contributed by atoms with Gasteiger partial charge in [0.2, 0.25) is 53.3 Å². The molecule has 72 heavy (non-hydrogen) atoms. The number of rotatable bonds is 13. The number of nitrogens with one attached hydrogen (secondary N) is 3. The zero-order valence-electron chi connectivity index (χ0n) is 38.2. The molecule has 0 radical (unpaired) electrons. The van der Waals surface area contributed by atoms with E-state index in [1.165, 1.54) is 25.6 Å². The number of fused-ring (bicyclic) bond motifs is 1. The van der Waals surface area contributed by atoms with Crippen LogP contribution in [-0.4, -0.2) is 128 Å². The smallest absolute Gasteiger partial charge is 0.353 e. The number of hydrogen-bond donors (Lipinski definition) is 6. The van der Waals surface area contributed by atoms with Gasteiger partial charge in [0.15, 0.2) is 46.2 Å². The first-order chi connectivity index (χ1) is 34.4. The third kappa shape index (κ3) is 18.6. The number of nitrogens with two attached hydrogens (primary N) is 3. The van der Waals surface area contributed by atoms with Crippen molar-refractivity contribution in [3.05, 3.63) is 93.1 Å². The van der Waals surface area contributed by atoms with E-state index in [1.54, 1.807) is 34.6 Å². The van der Waals surface area contributed by atoms with Crippen LogP contribution in [0.1, 0.15) is 79.6 Å². The van der Waals surface area contributed by atoms with E-state index in [0.717, 1.165) is 15.4 Å². The predicted octanol–water partition coefficient (Wildman–Crippen LogP) is -2.27. The Morgan fingerprint density at radius 1 is 0.736 bits per heavy atom. The lowest BCUT2D eigenvalue weighted by Crippen LogP contribution is -2.31. The van der Waals surface area contributed by atoms with Gasteiger partial charge in [-0.1, -0.05) is 31.0 Å². The Labute approximate surface area is 398 Å². The molecule has 0 atom stereocenters. The van der Waals surface area contributed by atoms with E-state index in [0.29, 0.717) is 40.9 Å². The molecule has 8 aromatic heterocycles. The molecule has 3 amide bonds. The van der Waals surface area contributed by atoms with E-state index < -0.39 is 17.5 Å². The Morgan fingerprint density at radius 3 is 1.60 bits per heavy atom. The molecular weight excluding hydrogens is 967 g/mol. The highest BCUT2D eigenvalue weighted by Gasteiger charge is 2.17. The number of aliphatic imine (C=N–C) groups is 2. The van der Waals surface area contributed by atoms with Crippen LogP contribution in [-0.2, 0) is 56.4 Å². The zero-order valence-corrected chi connectivity index (χ0v) is 38.2. The SMILES string of the molecule is COC(=O)Cc1nc(C)no1.Cc1noc(CC(=O)NN)n1.Cc1noc(CN=C=O)n1.Cc1noc(CN=C=O)n1.Cc1noc(Cn2nnc3c(C(N)=O)ncn3c2=O)n1.N=Nc1nc[nH]c1C(N)=O. The standard InChI is InChI=1S/C9H8N8O3.C6H8N2O3.C5H8N4O2.2C5H5N3O2.C4H5N5O/c1-4-12-5(20-14-4)2-17-9(19)16-3-11-6(7(10)18)8(16)13-15-17;1-4-7-5(11-8-4)3-6(9)10-2;1-3-7-5(11-9-3)2-4(10)8-6;2*1-4-7-5(10-8-4)2-6-3-9;5-3(10)2-4(9-6)8-1-7-2/h3H,2H2,1H3,(H2,10,18);3H2,1-2H3;2,6H2,1H3,(H,8,10);2*2H2,1H3;1,6H,(H2,5,10)(H,7,8). The first-order valence-electron chi connectivity index (χ1n) is 19.3. The second-order valence-electron chi connectivity index (χ2n) is 12.7. The number of H-pyrrole nitrogens is 1. The molecule has 0 saturated heterocycles. The molecule has 8 heterocycles. The summed E-state index contributed by atoms with van der Waals surface area (Å²) in [7, 11) is 1.31.